The van der Waals surface area contributed by atoms with Crippen LogP contribution in [0.15, 0.2) is 108 Å². The van der Waals surface area contributed by atoms with Gasteiger partial charge in [0.25, 0.3) is 0 Å². The van der Waals surface area contributed by atoms with E-state index in [1.807, 2.05) is 66.7 Å². The van der Waals surface area contributed by atoms with E-state index in [4.69, 9.17) is 16.3 Å². The molecule has 1 saturated heterocycles. The number of nitrogens with one attached hydrogen (secondary N) is 1. The van der Waals surface area contributed by atoms with Crippen LogP contribution in [-0.4, -0.2) is 62.2 Å². The Kier molecular flexibility index (Phi) is 12.3. The van der Waals surface area contributed by atoms with Crippen molar-refractivity contribution < 1.29 is 22.7 Å². The van der Waals surface area contributed by atoms with Gasteiger partial charge >= 0.3 is 0 Å². The number of carbonyl (C=O) groups excluding carboxylic acids is 2. The third-order valence-corrected chi connectivity index (χ3v) is 10.8. The number of aryl methyl sites for hydroxylation is 1. The van der Waals surface area contributed by atoms with Gasteiger partial charge in [0.15, 0.2) is 0 Å². The molecule has 0 spiro atoms. The van der Waals surface area contributed by atoms with Crippen molar-refractivity contribution in [3.63, 3.8) is 0 Å². The second-order valence-corrected chi connectivity index (χ2v) is 14.4. The molecule has 0 bridgehead atoms. The van der Waals surface area contributed by atoms with Crippen molar-refractivity contribution in [1.82, 2.24) is 14.5 Å². The van der Waals surface area contributed by atoms with Crippen LogP contribution in [0, 0.1) is 0 Å². The van der Waals surface area contributed by atoms with Gasteiger partial charge in [0.2, 0.25) is 21.8 Å². The van der Waals surface area contributed by atoms with Crippen molar-refractivity contribution in [2.45, 2.75) is 56.0 Å². The van der Waals surface area contributed by atoms with E-state index < -0.39 is 16.1 Å². The Bertz CT molecular complexity index is 1740. The number of amides is 2. The molecule has 0 aromatic heterocycles. The maximum Gasteiger partial charge on any atom is 0.243 e. The number of rotatable bonds is 15. The molecule has 48 heavy (non-hydrogen) atoms. The lowest BCUT2D eigenvalue weighted by molar-refractivity contribution is -0.141. The summed E-state index contributed by atoms with van der Waals surface area (Å²) in [6, 6.07) is 30.7. The zero-order chi connectivity index (χ0) is 33.9. The van der Waals surface area contributed by atoms with Crippen LogP contribution in [0.1, 0.15) is 41.5 Å². The number of carbonyl (C=O) groups is 2. The number of benzene rings is 4. The molecule has 1 aliphatic rings. The zero-order valence-corrected chi connectivity index (χ0v) is 28.8. The maximum atomic E-state index is 14.1. The van der Waals surface area contributed by atoms with Crippen LogP contribution in [0.25, 0.3) is 0 Å². The lowest BCUT2D eigenvalue weighted by Crippen LogP contribution is -2.50. The average molecular weight is 688 g/mol. The molecular formula is C38H42ClN3O5S. The summed E-state index contributed by atoms with van der Waals surface area (Å²) in [5, 5.41) is 3.67. The Hall–Kier alpha value is -4.18. The first kappa shape index (κ1) is 35.1. The lowest BCUT2D eigenvalue weighted by atomic mass is 10.0. The van der Waals surface area contributed by atoms with Gasteiger partial charge in [-0.3, -0.25) is 9.59 Å². The highest BCUT2D eigenvalue weighted by Crippen LogP contribution is 2.23. The first-order valence-electron chi connectivity index (χ1n) is 16.3. The van der Waals surface area contributed by atoms with Gasteiger partial charge in [-0.05, 0) is 84.3 Å². The van der Waals surface area contributed by atoms with Crippen molar-refractivity contribution in [2.24, 2.45) is 0 Å². The predicted molar refractivity (Wildman–Crippen MR) is 188 cm³/mol. The molecule has 252 valence electrons. The normalized spacial score (nSPS) is 14.0. The van der Waals surface area contributed by atoms with E-state index in [-0.39, 0.29) is 29.7 Å². The van der Waals surface area contributed by atoms with Gasteiger partial charge in [0, 0.05) is 44.0 Å². The largest absolute Gasteiger partial charge is 0.497 e. The molecule has 8 nitrogen and oxygen atoms in total. The van der Waals surface area contributed by atoms with E-state index in [9.17, 15) is 18.0 Å². The molecule has 1 aliphatic heterocycles. The van der Waals surface area contributed by atoms with Gasteiger partial charge in [-0.15, -0.1) is 0 Å². The van der Waals surface area contributed by atoms with Crippen LogP contribution in [0.4, 0.5) is 0 Å². The SMILES string of the molecule is COc1ccc(CCNC(=O)C(Cc2ccccc2)N(Cc2ccc(Cl)cc2)C(=O)CCc2ccc(S(=O)(=O)N3CCCC3)cc2)cc1. The van der Waals surface area contributed by atoms with E-state index >= 15 is 0 Å². The number of halogens is 1. The smallest absolute Gasteiger partial charge is 0.243 e. The van der Waals surface area contributed by atoms with E-state index in [2.05, 4.69) is 5.32 Å². The molecule has 0 aliphatic carbocycles. The fourth-order valence-electron chi connectivity index (χ4n) is 5.88. The molecule has 2 amide bonds. The molecule has 4 aromatic carbocycles. The van der Waals surface area contributed by atoms with Gasteiger partial charge in [-0.1, -0.05) is 78.3 Å². The number of hydrogen-bond acceptors (Lipinski definition) is 5. The topological polar surface area (TPSA) is 96.0 Å². The Morgan fingerprint density at radius 1 is 0.812 bits per heavy atom. The number of nitrogens with zero attached hydrogens (tertiary/aromatic N) is 2. The van der Waals surface area contributed by atoms with Crippen LogP contribution in [0.3, 0.4) is 0 Å². The van der Waals surface area contributed by atoms with E-state index in [0.717, 1.165) is 40.8 Å². The van der Waals surface area contributed by atoms with Crippen molar-refractivity contribution in [2.75, 3.05) is 26.7 Å². The maximum absolute atomic E-state index is 14.1. The highest BCUT2D eigenvalue weighted by atomic mass is 35.5. The zero-order valence-electron chi connectivity index (χ0n) is 27.2. The average Bonchev–Trinajstić information content (AvgIpc) is 3.67. The van der Waals surface area contributed by atoms with E-state index in [0.29, 0.717) is 43.9 Å². The summed E-state index contributed by atoms with van der Waals surface area (Å²) in [7, 11) is -1.90. The minimum Gasteiger partial charge on any atom is -0.497 e. The van der Waals surface area contributed by atoms with Gasteiger partial charge in [-0.25, -0.2) is 8.42 Å². The molecule has 10 heteroatoms. The van der Waals surface area contributed by atoms with Gasteiger partial charge in [0.05, 0.1) is 12.0 Å². The van der Waals surface area contributed by atoms with Crippen molar-refractivity contribution in [3.8, 4) is 5.75 Å². The van der Waals surface area contributed by atoms with Crippen molar-refractivity contribution >= 4 is 33.4 Å². The Morgan fingerprint density at radius 2 is 1.42 bits per heavy atom. The fourth-order valence-corrected chi connectivity index (χ4v) is 7.52. The summed E-state index contributed by atoms with van der Waals surface area (Å²) in [4.78, 5) is 29.9. The van der Waals surface area contributed by atoms with Crippen LogP contribution >= 0.6 is 11.6 Å². The second kappa shape index (κ2) is 16.8. The first-order chi connectivity index (χ1) is 23.2. The third-order valence-electron chi connectivity index (χ3n) is 8.66. The minimum atomic E-state index is -3.52. The van der Waals surface area contributed by atoms with Crippen LogP contribution in [0.5, 0.6) is 5.75 Å². The Balaban J connectivity index is 1.33. The number of sulfonamides is 1. The fraction of sp³-hybridized carbons (Fsp3) is 0.316. The molecule has 1 fully saturated rings. The summed E-state index contributed by atoms with van der Waals surface area (Å²) in [5.41, 5.74) is 3.70. The van der Waals surface area contributed by atoms with E-state index in [1.165, 1.54) is 4.31 Å². The standard InChI is InChI=1S/C38H42ClN3O5S/c1-47-34-18-11-30(12-19-34)23-24-40-38(44)36(27-31-7-3-2-4-8-31)42(28-32-9-16-33(39)17-10-32)37(43)22-15-29-13-20-35(21-14-29)48(45,46)41-25-5-6-26-41/h2-4,7-14,16-21,36H,5-6,15,22-28H2,1H3,(H,40,44). The summed E-state index contributed by atoms with van der Waals surface area (Å²) in [6.45, 7) is 1.72. The Morgan fingerprint density at radius 3 is 2.06 bits per heavy atom. The quantitative estimate of drug-likeness (QED) is 0.164. The Labute approximate surface area is 288 Å². The molecule has 0 radical (unpaired) electrons. The lowest BCUT2D eigenvalue weighted by Gasteiger charge is -2.32. The molecular weight excluding hydrogens is 646 g/mol. The summed E-state index contributed by atoms with van der Waals surface area (Å²) < 4.78 is 32.7. The number of hydrogen-bond donors (Lipinski definition) is 1. The van der Waals surface area contributed by atoms with Crippen molar-refractivity contribution in [3.05, 3.63) is 130 Å². The molecule has 5 rings (SSSR count). The van der Waals surface area contributed by atoms with Crippen molar-refractivity contribution in [1.29, 1.82) is 0 Å². The van der Waals surface area contributed by atoms with E-state index in [1.54, 1.807) is 48.4 Å². The van der Waals surface area contributed by atoms with Gasteiger partial charge in [-0.2, -0.15) is 4.31 Å². The third kappa shape index (κ3) is 9.46. The van der Waals surface area contributed by atoms with Crippen LogP contribution in [0.2, 0.25) is 5.02 Å². The van der Waals surface area contributed by atoms with Gasteiger partial charge < -0.3 is 15.0 Å². The second-order valence-electron chi connectivity index (χ2n) is 12.0. The summed E-state index contributed by atoms with van der Waals surface area (Å²) >= 11 is 6.16. The molecule has 1 heterocycles. The van der Waals surface area contributed by atoms with Crippen LogP contribution in [-0.2, 0) is 45.4 Å². The summed E-state index contributed by atoms with van der Waals surface area (Å²) in [5.74, 6) is 0.362. The predicted octanol–water partition coefficient (Wildman–Crippen LogP) is 6.06. The highest BCUT2D eigenvalue weighted by molar-refractivity contribution is 7.89. The molecule has 1 N–H and O–H groups in total. The van der Waals surface area contributed by atoms with Gasteiger partial charge in [0.1, 0.15) is 11.8 Å². The monoisotopic (exact) mass is 687 g/mol. The first-order valence-corrected chi connectivity index (χ1v) is 18.1. The number of ether oxygens (including phenoxy) is 1. The minimum absolute atomic E-state index is 0.149. The molecule has 4 aromatic rings. The molecule has 1 unspecified atom stereocenters. The summed E-state index contributed by atoms with van der Waals surface area (Å²) in [6.07, 6.45) is 3.27. The molecule has 1 atom stereocenters. The number of methoxy groups -OCH3 is 1. The van der Waals surface area contributed by atoms with Crippen LogP contribution < -0.4 is 10.1 Å². The molecule has 0 saturated carbocycles. The highest BCUT2D eigenvalue weighted by Gasteiger charge is 2.30.